The number of hydrogen-bond donors (Lipinski definition) is 1. The van der Waals surface area contributed by atoms with E-state index in [4.69, 9.17) is 5.11 Å². The highest BCUT2D eigenvalue weighted by atomic mass is 16.4. The van der Waals surface area contributed by atoms with Crippen LogP contribution in [0, 0.1) is 0 Å². The van der Waals surface area contributed by atoms with Crippen molar-refractivity contribution in [3.63, 3.8) is 0 Å². The van der Waals surface area contributed by atoms with E-state index >= 15 is 0 Å². The minimum Gasteiger partial charge on any atom is -0.481 e. The Morgan fingerprint density at radius 1 is 1.22 bits per heavy atom. The molecule has 0 radical (unpaired) electrons. The predicted molar refractivity (Wildman–Crippen MR) is 86.3 cm³/mol. The number of para-hydroxylation sites is 2. The highest BCUT2D eigenvalue weighted by Crippen LogP contribution is 2.12. The van der Waals surface area contributed by atoms with E-state index in [0.29, 0.717) is 5.52 Å². The smallest absolute Gasteiger partial charge is 0.329 e. The van der Waals surface area contributed by atoms with Crippen molar-refractivity contribution >= 4 is 22.9 Å². The average Bonchev–Trinajstić information content (AvgIpc) is 2.72. The van der Waals surface area contributed by atoms with Crippen LogP contribution < -0.4 is 5.69 Å². The van der Waals surface area contributed by atoms with Crippen LogP contribution in [0.15, 0.2) is 29.1 Å². The van der Waals surface area contributed by atoms with Crippen LogP contribution in [0.25, 0.3) is 11.0 Å². The van der Waals surface area contributed by atoms with Crippen molar-refractivity contribution in [2.24, 2.45) is 7.05 Å². The third-order valence-electron chi connectivity index (χ3n) is 3.86. The maximum absolute atomic E-state index is 12.5. The number of rotatable bonds is 6. The lowest BCUT2D eigenvalue weighted by Crippen LogP contribution is -2.41. The molecule has 1 heterocycles. The Labute approximate surface area is 133 Å². The maximum atomic E-state index is 12.5. The molecule has 2 aromatic rings. The van der Waals surface area contributed by atoms with E-state index in [9.17, 15) is 14.4 Å². The Morgan fingerprint density at radius 2 is 1.83 bits per heavy atom. The van der Waals surface area contributed by atoms with Gasteiger partial charge in [0.1, 0.15) is 6.54 Å². The molecular weight excluding hydrogens is 298 g/mol. The maximum Gasteiger partial charge on any atom is 0.329 e. The van der Waals surface area contributed by atoms with Crippen LogP contribution in [0.3, 0.4) is 0 Å². The van der Waals surface area contributed by atoms with Crippen LogP contribution in [0.2, 0.25) is 0 Å². The number of benzene rings is 1. The second-order valence-electron chi connectivity index (χ2n) is 5.74. The molecule has 0 spiro atoms. The van der Waals surface area contributed by atoms with E-state index in [0.717, 1.165) is 5.52 Å². The molecule has 0 fully saturated rings. The summed E-state index contributed by atoms with van der Waals surface area (Å²) >= 11 is 0. The predicted octanol–water partition coefficient (Wildman–Crippen LogP) is 1.05. The fourth-order valence-corrected chi connectivity index (χ4v) is 2.63. The van der Waals surface area contributed by atoms with E-state index in [1.54, 1.807) is 13.1 Å². The van der Waals surface area contributed by atoms with Gasteiger partial charge in [-0.15, -0.1) is 0 Å². The van der Waals surface area contributed by atoms with Crippen LogP contribution in [-0.2, 0) is 23.2 Å². The van der Waals surface area contributed by atoms with Gasteiger partial charge >= 0.3 is 11.7 Å². The number of amides is 1. The molecule has 1 aromatic heterocycles. The van der Waals surface area contributed by atoms with Crippen molar-refractivity contribution in [2.45, 2.75) is 32.9 Å². The number of aliphatic carboxylic acids is 1. The van der Waals surface area contributed by atoms with Crippen molar-refractivity contribution in [1.29, 1.82) is 0 Å². The van der Waals surface area contributed by atoms with Crippen molar-refractivity contribution in [2.75, 3.05) is 6.54 Å². The SMILES string of the molecule is CC(C)N(CCC(=O)O)C(=O)Cn1c(=O)n(C)c2ccccc21. The number of nitrogens with zero attached hydrogens (tertiary/aromatic N) is 3. The van der Waals surface area contributed by atoms with Crippen molar-refractivity contribution < 1.29 is 14.7 Å². The van der Waals surface area contributed by atoms with Gasteiger partial charge in [-0.3, -0.25) is 18.7 Å². The summed E-state index contributed by atoms with van der Waals surface area (Å²) in [6.07, 6.45) is -0.117. The third-order valence-corrected chi connectivity index (χ3v) is 3.86. The summed E-state index contributed by atoms with van der Waals surface area (Å²) < 4.78 is 2.92. The number of carboxylic acids is 1. The molecule has 2 rings (SSSR count). The number of fused-ring (bicyclic) bond motifs is 1. The number of imidazole rings is 1. The largest absolute Gasteiger partial charge is 0.481 e. The molecule has 0 aliphatic carbocycles. The molecule has 7 nitrogen and oxygen atoms in total. The number of aromatic nitrogens is 2. The Kier molecular flexibility index (Phi) is 4.88. The second kappa shape index (κ2) is 6.68. The van der Waals surface area contributed by atoms with Gasteiger partial charge in [-0.1, -0.05) is 12.1 Å². The summed E-state index contributed by atoms with van der Waals surface area (Å²) in [4.78, 5) is 37.1. The summed E-state index contributed by atoms with van der Waals surface area (Å²) in [7, 11) is 1.66. The molecule has 0 atom stereocenters. The van der Waals surface area contributed by atoms with Gasteiger partial charge < -0.3 is 10.0 Å². The summed E-state index contributed by atoms with van der Waals surface area (Å²) in [5, 5.41) is 8.81. The molecule has 23 heavy (non-hydrogen) atoms. The second-order valence-corrected chi connectivity index (χ2v) is 5.74. The molecule has 1 amide bonds. The van der Waals surface area contributed by atoms with E-state index in [1.165, 1.54) is 14.0 Å². The highest BCUT2D eigenvalue weighted by Gasteiger charge is 2.20. The van der Waals surface area contributed by atoms with Gasteiger partial charge in [0.25, 0.3) is 0 Å². The van der Waals surface area contributed by atoms with Crippen molar-refractivity contribution in [3.05, 3.63) is 34.7 Å². The number of carbonyl (C=O) groups is 2. The molecule has 0 saturated heterocycles. The van der Waals surface area contributed by atoms with Gasteiger partial charge in [0.2, 0.25) is 5.91 Å². The Hall–Kier alpha value is -2.57. The number of carboxylic acid groups (broad SMARTS) is 1. The Bertz CT molecular complexity index is 788. The van der Waals surface area contributed by atoms with Crippen LogP contribution in [0.1, 0.15) is 20.3 Å². The van der Waals surface area contributed by atoms with Gasteiger partial charge in [0.05, 0.1) is 17.5 Å². The summed E-state index contributed by atoms with van der Waals surface area (Å²) in [6, 6.07) is 7.13. The molecule has 0 saturated carbocycles. The molecule has 124 valence electrons. The van der Waals surface area contributed by atoms with Crippen molar-refractivity contribution in [3.8, 4) is 0 Å². The van der Waals surface area contributed by atoms with Gasteiger partial charge in [-0.25, -0.2) is 4.79 Å². The first-order valence-electron chi connectivity index (χ1n) is 7.48. The van der Waals surface area contributed by atoms with Gasteiger partial charge in [0, 0.05) is 19.6 Å². The molecule has 0 aliphatic heterocycles. The first-order chi connectivity index (χ1) is 10.8. The molecule has 0 bridgehead atoms. The zero-order valence-corrected chi connectivity index (χ0v) is 13.5. The highest BCUT2D eigenvalue weighted by molar-refractivity contribution is 5.81. The lowest BCUT2D eigenvalue weighted by atomic mass is 10.2. The van der Waals surface area contributed by atoms with Crippen LogP contribution >= 0.6 is 0 Å². The number of aryl methyl sites for hydroxylation is 1. The summed E-state index contributed by atoms with van der Waals surface area (Å²) in [5.74, 6) is -1.22. The zero-order chi connectivity index (χ0) is 17.1. The molecule has 1 N–H and O–H groups in total. The van der Waals surface area contributed by atoms with Crippen molar-refractivity contribution in [1.82, 2.24) is 14.0 Å². The fourth-order valence-electron chi connectivity index (χ4n) is 2.63. The monoisotopic (exact) mass is 319 g/mol. The number of hydrogen-bond acceptors (Lipinski definition) is 3. The molecule has 0 aliphatic rings. The molecule has 1 aromatic carbocycles. The van der Waals surface area contributed by atoms with E-state index in [-0.39, 0.29) is 37.1 Å². The standard InChI is InChI=1S/C16H21N3O4/c1-11(2)18(9-8-15(21)22)14(20)10-19-13-7-5-4-6-12(13)17(3)16(19)23/h4-7,11H,8-10H2,1-3H3,(H,21,22). The van der Waals surface area contributed by atoms with Gasteiger partial charge in [-0.05, 0) is 26.0 Å². The molecular formula is C16H21N3O4. The zero-order valence-electron chi connectivity index (χ0n) is 13.5. The quantitative estimate of drug-likeness (QED) is 0.862. The topological polar surface area (TPSA) is 84.5 Å². The summed E-state index contributed by atoms with van der Waals surface area (Å²) in [6.45, 7) is 3.68. The van der Waals surface area contributed by atoms with E-state index in [1.807, 2.05) is 32.0 Å². The Balaban J connectivity index is 2.30. The van der Waals surface area contributed by atoms with Crippen LogP contribution in [0.5, 0.6) is 0 Å². The first-order valence-corrected chi connectivity index (χ1v) is 7.48. The third kappa shape index (κ3) is 3.44. The van der Waals surface area contributed by atoms with Crippen LogP contribution in [-0.4, -0.2) is 43.6 Å². The normalized spacial score (nSPS) is 11.1. The fraction of sp³-hybridized carbons (Fsp3) is 0.438. The minimum atomic E-state index is -0.953. The summed E-state index contributed by atoms with van der Waals surface area (Å²) in [5.41, 5.74) is 1.18. The lowest BCUT2D eigenvalue weighted by Gasteiger charge is -2.26. The molecule has 7 heteroatoms. The number of carbonyl (C=O) groups excluding carboxylic acids is 1. The van der Waals surface area contributed by atoms with Gasteiger partial charge in [-0.2, -0.15) is 0 Å². The van der Waals surface area contributed by atoms with Crippen LogP contribution in [0.4, 0.5) is 0 Å². The van der Waals surface area contributed by atoms with E-state index < -0.39 is 5.97 Å². The minimum absolute atomic E-state index is 0.0992. The average molecular weight is 319 g/mol. The van der Waals surface area contributed by atoms with E-state index in [2.05, 4.69) is 0 Å². The first kappa shape index (κ1) is 16.8. The molecule has 0 unspecified atom stereocenters. The van der Waals surface area contributed by atoms with Gasteiger partial charge in [0.15, 0.2) is 0 Å². The Morgan fingerprint density at radius 3 is 2.39 bits per heavy atom. The lowest BCUT2D eigenvalue weighted by molar-refractivity contribution is -0.139.